The highest BCUT2D eigenvalue weighted by Gasteiger charge is 2.09. The number of thiazole rings is 1. The number of nitrogens with zero attached hydrogens (tertiary/aromatic N) is 4. The summed E-state index contributed by atoms with van der Waals surface area (Å²) >= 11 is 1.42. The molecule has 0 fully saturated rings. The highest BCUT2D eigenvalue weighted by Crippen LogP contribution is 2.20. The summed E-state index contributed by atoms with van der Waals surface area (Å²) in [6.07, 6.45) is 7.15. The van der Waals surface area contributed by atoms with Gasteiger partial charge in [-0.2, -0.15) is 0 Å². The highest BCUT2D eigenvalue weighted by molar-refractivity contribution is 7.13. The van der Waals surface area contributed by atoms with E-state index in [0.717, 1.165) is 11.2 Å². The molecule has 110 valence electrons. The van der Waals surface area contributed by atoms with Crippen LogP contribution in [0.3, 0.4) is 0 Å². The number of amides is 1. The molecule has 0 spiro atoms. The average Bonchev–Trinajstić information content (AvgIpc) is 3.03. The van der Waals surface area contributed by atoms with Gasteiger partial charge in [0.15, 0.2) is 0 Å². The summed E-state index contributed by atoms with van der Waals surface area (Å²) in [5, 5.41) is 5.26. The van der Waals surface area contributed by atoms with Crippen LogP contribution in [0.5, 0.6) is 0 Å². The van der Waals surface area contributed by atoms with Gasteiger partial charge in [-0.3, -0.25) is 19.6 Å². The standard InChI is InChI=1S/C13H10N6O2S/c20-11-6-16-9(5-17-11)12(21)18-3-8-7-22-13(19-8)10-4-14-1-2-15-10/h1-2,4-7H,3H2,(H,17,20)(H,18,21). The minimum Gasteiger partial charge on any atom is -0.345 e. The first kappa shape index (κ1) is 14.0. The minimum absolute atomic E-state index is 0.143. The number of aromatic nitrogens is 5. The summed E-state index contributed by atoms with van der Waals surface area (Å²) in [5.41, 5.74) is 1.18. The molecule has 0 saturated heterocycles. The zero-order valence-electron chi connectivity index (χ0n) is 11.2. The number of carbonyl (C=O) groups is 1. The smallest absolute Gasteiger partial charge is 0.271 e. The Balaban J connectivity index is 1.65. The lowest BCUT2D eigenvalue weighted by molar-refractivity contribution is 0.0945. The third-order valence-corrected chi connectivity index (χ3v) is 3.58. The normalized spacial score (nSPS) is 10.4. The van der Waals surface area contributed by atoms with Crippen molar-refractivity contribution in [3.05, 3.63) is 58.1 Å². The second-order valence-corrected chi connectivity index (χ2v) is 5.07. The Hall–Kier alpha value is -2.94. The number of aromatic amines is 1. The van der Waals surface area contributed by atoms with Gasteiger partial charge in [0.25, 0.3) is 11.5 Å². The van der Waals surface area contributed by atoms with Gasteiger partial charge in [-0.15, -0.1) is 11.3 Å². The van der Waals surface area contributed by atoms with Gasteiger partial charge in [0, 0.05) is 24.0 Å². The fourth-order valence-corrected chi connectivity index (χ4v) is 2.42. The van der Waals surface area contributed by atoms with Crippen molar-refractivity contribution in [3.63, 3.8) is 0 Å². The summed E-state index contributed by atoms with van der Waals surface area (Å²) < 4.78 is 0. The molecule has 3 aromatic rings. The van der Waals surface area contributed by atoms with Crippen LogP contribution < -0.4 is 10.9 Å². The number of rotatable bonds is 4. The van der Waals surface area contributed by atoms with Gasteiger partial charge < -0.3 is 10.3 Å². The first-order valence-electron chi connectivity index (χ1n) is 6.26. The molecule has 0 aromatic carbocycles. The fourth-order valence-electron chi connectivity index (χ4n) is 1.64. The third kappa shape index (κ3) is 3.20. The van der Waals surface area contributed by atoms with E-state index in [1.807, 2.05) is 5.38 Å². The van der Waals surface area contributed by atoms with Crippen molar-refractivity contribution in [2.24, 2.45) is 0 Å². The lowest BCUT2D eigenvalue weighted by Gasteiger charge is -2.01. The van der Waals surface area contributed by atoms with Gasteiger partial charge in [-0.05, 0) is 0 Å². The van der Waals surface area contributed by atoms with Gasteiger partial charge in [0.2, 0.25) is 0 Å². The largest absolute Gasteiger partial charge is 0.345 e. The molecule has 0 atom stereocenters. The first-order chi connectivity index (χ1) is 10.7. The van der Waals surface area contributed by atoms with Crippen LogP contribution in [0.25, 0.3) is 10.7 Å². The molecule has 9 heteroatoms. The molecule has 3 heterocycles. The van der Waals surface area contributed by atoms with Crippen molar-refractivity contribution in [3.8, 4) is 10.7 Å². The molecule has 0 aliphatic heterocycles. The van der Waals surface area contributed by atoms with Gasteiger partial charge in [-0.1, -0.05) is 0 Å². The Kier molecular flexibility index (Phi) is 3.97. The number of hydrogen-bond donors (Lipinski definition) is 2. The molecular weight excluding hydrogens is 304 g/mol. The van der Waals surface area contributed by atoms with Crippen LogP contribution in [0.4, 0.5) is 0 Å². The van der Waals surface area contributed by atoms with Crippen molar-refractivity contribution in [1.82, 2.24) is 30.2 Å². The molecule has 0 unspecified atom stereocenters. The topological polar surface area (TPSA) is 114 Å². The number of H-pyrrole nitrogens is 1. The van der Waals surface area contributed by atoms with Crippen LogP contribution in [0, 0.1) is 0 Å². The summed E-state index contributed by atoms with van der Waals surface area (Å²) in [4.78, 5) is 41.4. The lowest BCUT2D eigenvalue weighted by atomic mass is 10.4. The number of hydrogen-bond acceptors (Lipinski definition) is 7. The van der Waals surface area contributed by atoms with E-state index in [1.54, 1.807) is 18.6 Å². The van der Waals surface area contributed by atoms with E-state index >= 15 is 0 Å². The number of carbonyl (C=O) groups excluding carboxylic acids is 1. The van der Waals surface area contributed by atoms with Gasteiger partial charge in [0.1, 0.15) is 16.4 Å². The molecule has 0 radical (unpaired) electrons. The maximum atomic E-state index is 11.9. The highest BCUT2D eigenvalue weighted by atomic mass is 32.1. The molecule has 0 aliphatic carbocycles. The summed E-state index contributed by atoms with van der Waals surface area (Å²) in [5.74, 6) is -0.384. The van der Waals surface area contributed by atoms with E-state index < -0.39 is 0 Å². The van der Waals surface area contributed by atoms with E-state index in [4.69, 9.17) is 0 Å². The first-order valence-corrected chi connectivity index (χ1v) is 7.14. The van der Waals surface area contributed by atoms with Gasteiger partial charge >= 0.3 is 0 Å². The second kappa shape index (κ2) is 6.22. The van der Waals surface area contributed by atoms with E-state index in [2.05, 4.69) is 30.2 Å². The Morgan fingerprint density at radius 2 is 2.18 bits per heavy atom. The molecule has 0 bridgehead atoms. The maximum Gasteiger partial charge on any atom is 0.271 e. The van der Waals surface area contributed by atoms with Crippen LogP contribution in [0.15, 0.2) is 41.2 Å². The molecule has 0 aliphatic rings. The molecule has 3 rings (SSSR count). The minimum atomic E-state index is -0.384. The molecule has 8 nitrogen and oxygen atoms in total. The SMILES string of the molecule is O=C(NCc1csc(-c2cnccn2)n1)c1c[nH]c(=O)cn1. The Morgan fingerprint density at radius 1 is 1.27 bits per heavy atom. The average molecular weight is 314 g/mol. The van der Waals surface area contributed by atoms with Crippen molar-refractivity contribution >= 4 is 17.2 Å². The second-order valence-electron chi connectivity index (χ2n) is 4.21. The Morgan fingerprint density at radius 3 is 2.91 bits per heavy atom. The maximum absolute atomic E-state index is 11.9. The Bertz CT molecular complexity index is 824. The molecule has 3 aromatic heterocycles. The molecular formula is C13H10N6O2S. The van der Waals surface area contributed by atoms with E-state index in [0.29, 0.717) is 11.4 Å². The zero-order chi connectivity index (χ0) is 15.4. The molecule has 2 N–H and O–H groups in total. The van der Waals surface area contributed by atoms with Crippen LogP contribution in [0.1, 0.15) is 16.2 Å². The van der Waals surface area contributed by atoms with Crippen LogP contribution in [-0.2, 0) is 6.54 Å². The summed E-state index contributed by atoms with van der Waals surface area (Å²) in [6.45, 7) is 0.260. The molecule has 1 amide bonds. The van der Waals surface area contributed by atoms with Crippen molar-refractivity contribution < 1.29 is 4.79 Å². The van der Waals surface area contributed by atoms with E-state index in [1.165, 1.54) is 17.5 Å². The van der Waals surface area contributed by atoms with Crippen molar-refractivity contribution in [2.75, 3.05) is 0 Å². The Labute approximate surface area is 128 Å². The summed E-state index contributed by atoms with van der Waals surface area (Å²) in [6, 6.07) is 0. The zero-order valence-corrected chi connectivity index (χ0v) is 12.0. The van der Waals surface area contributed by atoms with Crippen LogP contribution in [0.2, 0.25) is 0 Å². The summed E-state index contributed by atoms with van der Waals surface area (Å²) in [7, 11) is 0. The number of nitrogens with one attached hydrogen (secondary N) is 2. The van der Waals surface area contributed by atoms with Crippen molar-refractivity contribution in [1.29, 1.82) is 0 Å². The van der Waals surface area contributed by atoms with Crippen molar-refractivity contribution in [2.45, 2.75) is 6.54 Å². The fraction of sp³-hybridized carbons (Fsp3) is 0.0769. The monoisotopic (exact) mass is 314 g/mol. The van der Waals surface area contributed by atoms with E-state index in [9.17, 15) is 9.59 Å². The van der Waals surface area contributed by atoms with E-state index in [-0.39, 0.29) is 23.7 Å². The predicted octanol–water partition coefficient (Wildman–Crippen LogP) is 0.613. The third-order valence-electron chi connectivity index (χ3n) is 2.67. The van der Waals surface area contributed by atoms with Gasteiger partial charge in [-0.25, -0.2) is 9.97 Å². The molecule has 22 heavy (non-hydrogen) atoms. The van der Waals surface area contributed by atoms with Crippen LogP contribution >= 0.6 is 11.3 Å². The quantitative estimate of drug-likeness (QED) is 0.729. The molecule has 0 saturated carbocycles. The van der Waals surface area contributed by atoms with Crippen LogP contribution in [-0.4, -0.2) is 30.8 Å². The predicted molar refractivity (Wildman–Crippen MR) is 79.2 cm³/mol. The lowest BCUT2D eigenvalue weighted by Crippen LogP contribution is -2.25. The van der Waals surface area contributed by atoms with Gasteiger partial charge in [0.05, 0.1) is 24.6 Å².